The normalized spacial score (nSPS) is 12.8. The zero-order valence-electron chi connectivity index (χ0n) is 15.3. The average Bonchev–Trinajstić information content (AvgIpc) is 3.21. The highest BCUT2D eigenvalue weighted by atomic mass is 32.1. The van der Waals surface area contributed by atoms with Gasteiger partial charge in [-0.3, -0.25) is 4.79 Å². The van der Waals surface area contributed by atoms with E-state index in [0.29, 0.717) is 11.3 Å². The summed E-state index contributed by atoms with van der Waals surface area (Å²) < 4.78 is 0. The number of anilines is 1. The van der Waals surface area contributed by atoms with Crippen LogP contribution in [0.5, 0.6) is 0 Å². The molecular formula is C22H22N3OS+. The van der Waals surface area contributed by atoms with Crippen LogP contribution in [0.3, 0.4) is 0 Å². The van der Waals surface area contributed by atoms with E-state index in [4.69, 9.17) is 0 Å². The third-order valence-electron chi connectivity index (χ3n) is 4.49. The summed E-state index contributed by atoms with van der Waals surface area (Å²) in [4.78, 5) is 13.9. The van der Waals surface area contributed by atoms with Crippen molar-refractivity contribution < 1.29 is 10.1 Å². The lowest BCUT2D eigenvalue weighted by molar-refractivity contribution is -0.703. The monoisotopic (exact) mass is 376 g/mol. The number of carbonyl (C=O) groups is 1. The molecule has 1 aromatic heterocycles. The fourth-order valence-electron chi connectivity index (χ4n) is 2.92. The highest BCUT2D eigenvalue weighted by Gasteiger charge is 2.26. The lowest BCUT2D eigenvalue weighted by Gasteiger charge is -2.20. The fraction of sp³-hybridized carbons (Fsp3) is 0.182. The molecule has 0 unspecified atom stereocenters. The quantitative estimate of drug-likeness (QED) is 0.690. The van der Waals surface area contributed by atoms with Gasteiger partial charge in [-0.2, -0.15) is 5.26 Å². The molecule has 27 heavy (non-hydrogen) atoms. The van der Waals surface area contributed by atoms with Crippen molar-refractivity contribution in [2.45, 2.75) is 25.9 Å². The lowest BCUT2D eigenvalue weighted by atomic mass is 10.0. The van der Waals surface area contributed by atoms with Crippen molar-refractivity contribution in [2.24, 2.45) is 0 Å². The van der Waals surface area contributed by atoms with Gasteiger partial charge in [0.15, 0.2) is 6.04 Å². The van der Waals surface area contributed by atoms with Crippen molar-refractivity contribution in [3.05, 3.63) is 87.6 Å². The summed E-state index contributed by atoms with van der Waals surface area (Å²) in [5.74, 6) is -0.119. The average molecular weight is 377 g/mol. The first-order chi connectivity index (χ1) is 13.1. The number of carbonyl (C=O) groups excluding carboxylic acids is 1. The molecule has 2 aromatic carbocycles. The fourth-order valence-corrected chi connectivity index (χ4v) is 3.76. The molecule has 0 aliphatic heterocycles. The molecule has 0 radical (unpaired) electrons. The summed E-state index contributed by atoms with van der Waals surface area (Å²) in [5.41, 5.74) is 3.39. The van der Waals surface area contributed by atoms with Crippen LogP contribution in [0.15, 0.2) is 66.0 Å². The van der Waals surface area contributed by atoms with E-state index in [2.05, 4.69) is 59.3 Å². The van der Waals surface area contributed by atoms with Crippen LogP contribution < -0.4 is 10.6 Å². The molecule has 0 fully saturated rings. The maximum atomic E-state index is 12.7. The molecule has 1 heterocycles. The number of quaternary nitrogens is 1. The van der Waals surface area contributed by atoms with E-state index in [1.807, 2.05) is 19.1 Å². The summed E-state index contributed by atoms with van der Waals surface area (Å²) >= 11 is 1.69. The molecule has 2 atom stereocenters. The van der Waals surface area contributed by atoms with Crippen molar-refractivity contribution in [3.8, 4) is 6.07 Å². The van der Waals surface area contributed by atoms with Gasteiger partial charge in [-0.15, -0.1) is 11.3 Å². The molecule has 136 valence electrons. The van der Waals surface area contributed by atoms with Crippen molar-refractivity contribution in [2.75, 3.05) is 5.32 Å². The van der Waals surface area contributed by atoms with Crippen LogP contribution in [0.25, 0.3) is 0 Å². The summed E-state index contributed by atoms with van der Waals surface area (Å²) in [6.07, 6.45) is 0. The Labute approximate surface area is 163 Å². The minimum atomic E-state index is -0.315. The Morgan fingerprint density at radius 3 is 2.52 bits per heavy atom. The molecule has 4 nitrogen and oxygen atoms in total. The van der Waals surface area contributed by atoms with Gasteiger partial charge in [0, 0.05) is 5.56 Å². The second-order valence-corrected chi connectivity index (χ2v) is 7.51. The Bertz CT molecular complexity index is 942. The number of amides is 1. The molecule has 0 saturated carbocycles. The van der Waals surface area contributed by atoms with Gasteiger partial charge in [0.2, 0.25) is 0 Å². The predicted octanol–water partition coefficient (Wildman–Crippen LogP) is 3.61. The zero-order valence-corrected chi connectivity index (χ0v) is 16.2. The molecule has 0 aliphatic rings. The van der Waals surface area contributed by atoms with Crippen LogP contribution in [0, 0.1) is 18.3 Å². The van der Waals surface area contributed by atoms with Gasteiger partial charge < -0.3 is 10.6 Å². The highest BCUT2D eigenvalue weighted by molar-refractivity contribution is 7.10. The maximum absolute atomic E-state index is 12.7. The SMILES string of the molecule is Cc1ccc([C@H]([NH2+][C@@H](C)C(=O)Nc2ccccc2C#N)c2cccs2)cc1. The molecule has 3 rings (SSSR count). The number of rotatable bonds is 6. The Kier molecular flexibility index (Phi) is 6.02. The van der Waals surface area contributed by atoms with Crippen molar-refractivity contribution >= 4 is 22.9 Å². The lowest BCUT2D eigenvalue weighted by Crippen LogP contribution is -2.92. The molecule has 0 bridgehead atoms. The Hall–Kier alpha value is -2.94. The van der Waals surface area contributed by atoms with Gasteiger partial charge in [0.25, 0.3) is 5.91 Å². The van der Waals surface area contributed by atoms with E-state index < -0.39 is 0 Å². The Balaban J connectivity index is 1.78. The van der Waals surface area contributed by atoms with Gasteiger partial charge in [0.05, 0.1) is 16.1 Å². The van der Waals surface area contributed by atoms with E-state index in [1.165, 1.54) is 16.0 Å². The largest absolute Gasteiger partial charge is 0.326 e. The molecule has 0 spiro atoms. The number of hydrogen-bond acceptors (Lipinski definition) is 3. The summed E-state index contributed by atoms with van der Waals surface area (Å²) in [7, 11) is 0. The van der Waals surface area contributed by atoms with Crippen molar-refractivity contribution in [1.29, 1.82) is 5.26 Å². The van der Waals surface area contributed by atoms with Crippen LogP contribution in [-0.2, 0) is 4.79 Å². The summed E-state index contributed by atoms with van der Waals surface area (Å²) in [6, 6.07) is 21.4. The number of aryl methyl sites for hydroxylation is 1. The van der Waals surface area contributed by atoms with E-state index in [1.54, 1.807) is 29.5 Å². The van der Waals surface area contributed by atoms with Crippen molar-refractivity contribution in [3.63, 3.8) is 0 Å². The Morgan fingerprint density at radius 2 is 1.85 bits per heavy atom. The third kappa shape index (κ3) is 4.62. The highest BCUT2D eigenvalue weighted by Crippen LogP contribution is 2.23. The molecule has 0 saturated heterocycles. The molecule has 3 aromatic rings. The van der Waals surface area contributed by atoms with Gasteiger partial charge in [-0.25, -0.2) is 0 Å². The van der Waals surface area contributed by atoms with E-state index in [9.17, 15) is 10.1 Å². The topological polar surface area (TPSA) is 69.5 Å². The van der Waals surface area contributed by atoms with Crippen LogP contribution in [-0.4, -0.2) is 11.9 Å². The van der Waals surface area contributed by atoms with Crippen LogP contribution in [0.2, 0.25) is 0 Å². The second-order valence-electron chi connectivity index (χ2n) is 6.53. The van der Waals surface area contributed by atoms with Gasteiger partial charge in [-0.1, -0.05) is 48.0 Å². The number of nitrogens with two attached hydrogens (primary N) is 1. The van der Waals surface area contributed by atoms with E-state index in [0.717, 1.165) is 0 Å². The number of para-hydroxylation sites is 1. The summed E-state index contributed by atoms with van der Waals surface area (Å²) in [5, 5.41) is 16.2. The first kappa shape index (κ1) is 18.8. The van der Waals surface area contributed by atoms with Crippen molar-refractivity contribution in [1.82, 2.24) is 0 Å². The minimum absolute atomic E-state index is 0.0533. The molecule has 3 N–H and O–H groups in total. The predicted molar refractivity (Wildman–Crippen MR) is 109 cm³/mol. The maximum Gasteiger partial charge on any atom is 0.282 e. The number of thiophene rings is 1. The van der Waals surface area contributed by atoms with Gasteiger partial charge >= 0.3 is 0 Å². The first-order valence-electron chi connectivity index (χ1n) is 8.83. The van der Waals surface area contributed by atoms with Crippen LogP contribution in [0.1, 0.15) is 34.5 Å². The summed E-state index contributed by atoms with van der Waals surface area (Å²) in [6.45, 7) is 3.95. The first-order valence-corrected chi connectivity index (χ1v) is 9.71. The zero-order chi connectivity index (χ0) is 19.2. The van der Waals surface area contributed by atoms with E-state index >= 15 is 0 Å². The number of nitrogens with zero attached hydrogens (tertiary/aromatic N) is 1. The standard InChI is InChI=1S/C22H21N3OS/c1-15-9-11-17(12-10-15)21(20-8-5-13-27-20)24-16(2)22(26)25-19-7-4-3-6-18(19)14-23/h3-13,16,21,24H,1-2H3,(H,25,26)/p+1/t16-,21-/m0/s1. The molecular weight excluding hydrogens is 354 g/mol. The number of benzene rings is 2. The molecule has 5 heteroatoms. The van der Waals surface area contributed by atoms with Crippen LogP contribution in [0.4, 0.5) is 5.69 Å². The third-order valence-corrected chi connectivity index (χ3v) is 5.44. The number of nitriles is 1. The second kappa shape index (κ2) is 8.63. The smallest absolute Gasteiger partial charge is 0.282 e. The van der Waals surface area contributed by atoms with Gasteiger partial charge in [-0.05, 0) is 37.4 Å². The van der Waals surface area contributed by atoms with Gasteiger partial charge in [0.1, 0.15) is 12.1 Å². The van der Waals surface area contributed by atoms with Crippen LogP contribution >= 0.6 is 11.3 Å². The minimum Gasteiger partial charge on any atom is -0.326 e. The molecule has 1 amide bonds. The molecule has 0 aliphatic carbocycles. The number of nitrogens with one attached hydrogen (secondary N) is 1. The number of hydrogen-bond donors (Lipinski definition) is 2. The van der Waals surface area contributed by atoms with E-state index in [-0.39, 0.29) is 18.0 Å². The Morgan fingerprint density at radius 1 is 1.11 bits per heavy atom.